The molecule has 6 heterocycles. The zero-order chi connectivity index (χ0) is 53.6. The van der Waals surface area contributed by atoms with Gasteiger partial charge >= 0.3 is 12.1 Å². The highest BCUT2D eigenvalue weighted by molar-refractivity contribution is 6.01. The quantitative estimate of drug-likeness (QED) is 0.0836. The van der Waals surface area contributed by atoms with Crippen LogP contribution in [-0.4, -0.2) is 128 Å². The van der Waals surface area contributed by atoms with Gasteiger partial charge in [-0.2, -0.15) is 10.2 Å². The second kappa shape index (κ2) is 22.7. The summed E-state index contributed by atoms with van der Waals surface area (Å²) in [4.78, 5) is 47.7. The molecule has 16 nitrogen and oxygen atoms in total. The van der Waals surface area contributed by atoms with Gasteiger partial charge in [0.15, 0.2) is 0 Å². The van der Waals surface area contributed by atoms with Crippen molar-refractivity contribution in [2.75, 3.05) is 67.0 Å². The first kappa shape index (κ1) is 52.0. The lowest BCUT2D eigenvalue weighted by Gasteiger charge is -2.12. The molecule has 0 bridgehead atoms. The standard InChI is InChI=1S/2C30H33N7O/c2*1-6-37-19-26(28(34-37)21-10-12-23(13-11-21)32-30(38)36(4)5)24-14-15-31-29-25(24)17-27(33-29)22-9-7-8-20(16-22)18-35(2)3/h2*7-17,19H,6,18H2,1-5H3,(H,31,33)(H,32,38). The summed E-state index contributed by atoms with van der Waals surface area (Å²) in [5.41, 5.74) is 18.0. The Labute approximate surface area is 444 Å². The monoisotopic (exact) mass is 1010 g/mol. The number of hydrogen-bond donors (Lipinski definition) is 4. The summed E-state index contributed by atoms with van der Waals surface area (Å²) in [6.07, 6.45) is 7.87. The Balaban J connectivity index is 0.000000186. The largest absolute Gasteiger partial charge is 0.339 e. The number of aromatic amines is 2. The van der Waals surface area contributed by atoms with E-state index in [1.54, 1.807) is 28.2 Å². The number of carbonyl (C=O) groups is 2. The number of pyridine rings is 2. The summed E-state index contributed by atoms with van der Waals surface area (Å²) < 4.78 is 3.91. The molecule has 76 heavy (non-hydrogen) atoms. The number of amides is 4. The first-order chi connectivity index (χ1) is 36.6. The number of aromatic nitrogens is 8. The number of hydrogen-bond acceptors (Lipinski definition) is 8. The molecule has 0 aliphatic carbocycles. The number of urea groups is 2. The summed E-state index contributed by atoms with van der Waals surface area (Å²) in [6.45, 7) is 7.45. The molecule has 10 rings (SSSR count). The van der Waals surface area contributed by atoms with Crippen molar-refractivity contribution in [1.29, 1.82) is 0 Å². The number of carbonyl (C=O) groups excluding carboxylic acids is 2. The van der Waals surface area contributed by atoms with Crippen LogP contribution < -0.4 is 10.6 Å². The third-order valence-corrected chi connectivity index (χ3v) is 12.9. The van der Waals surface area contributed by atoms with E-state index in [0.29, 0.717) is 0 Å². The molecule has 16 heteroatoms. The van der Waals surface area contributed by atoms with Gasteiger partial charge in [-0.1, -0.05) is 60.7 Å². The van der Waals surface area contributed by atoms with E-state index in [0.717, 1.165) is 127 Å². The van der Waals surface area contributed by atoms with Gasteiger partial charge in [-0.15, -0.1) is 0 Å². The fraction of sp³-hybridized carbons (Fsp3) is 0.233. The zero-order valence-electron chi connectivity index (χ0n) is 45.0. The molecule has 388 valence electrons. The number of benzene rings is 4. The predicted molar refractivity (Wildman–Crippen MR) is 308 cm³/mol. The van der Waals surface area contributed by atoms with Gasteiger partial charge in [0, 0.05) is 135 Å². The minimum atomic E-state index is -0.164. The first-order valence-electron chi connectivity index (χ1n) is 25.4. The maximum absolute atomic E-state index is 12.0. The lowest BCUT2D eigenvalue weighted by atomic mass is 9.99. The van der Waals surface area contributed by atoms with Gasteiger partial charge in [0.1, 0.15) is 22.7 Å². The number of aryl methyl sites for hydroxylation is 2. The summed E-state index contributed by atoms with van der Waals surface area (Å²) in [5.74, 6) is 0. The molecular weight excluding hydrogens is 949 g/mol. The molecule has 0 aliphatic heterocycles. The van der Waals surface area contributed by atoms with E-state index in [-0.39, 0.29) is 12.1 Å². The average molecular weight is 1020 g/mol. The van der Waals surface area contributed by atoms with Crippen molar-refractivity contribution in [2.45, 2.75) is 40.0 Å². The van der Waals surface area contributed by atoms with Crippen molar-refractivity contribution < 1.29 is 9.59 Å². The molecule has 0 aliphatic rings. The van der Waals surface area contributed by atoms with E-state index in [1.165, 1.54) is 20.9 Å². The molecule has 0 atom stereocenters. The summed E-state index contributed by atoms with van der Waals surface area (Å²) in [6, 6.07) is 40.9. The van der Waals surface area contributed by atoms with Gasteiger partial charge in [-0.05, 0) is 136 Å². The SMILES string of the molecule is CCn1cc(-c2ccnc3[nH]c(-c4cccc(CN(C)C)c4)cc23)c(-c2ccc(NC(=O)N(C)C)cc2)n1.CCn1cc(-c2ccnc3[nH]c(-c4cccc(CN(C)C)c4)cc23)c(-c2ccc(NC(=O)N(C)C)cc2)n1. The summed E-state index contributed by atoms with van der Waals surface area (Å²) in [7, 11) is 15.2. The molecule has 0 radical (unpaired) electrons. The van der Waals surface area contributed by atoms with E-state index in [2.05, 4.69) is 168 Å². The van der Waals surface area contributed by atoms with Crippen LogP contribution in [0.3, 0.4) is 0 Å². The molecule has 0 spiro atoms. The normalized spacial score (nSPS) is 11.3. The number of rotatable bonds is 14. The van der Waals surface area contributed by atoms with Gasteiger partial charge in [-0.25, -0.2) is 19.6 Å². The Morgan fingerprint density at radius 3 is 1.24 bits per heavy atom. The van der Waals surface area contributed by atoms with Crippen molar-refractivity contribution in [3.05, 3.63) is 157 Å². The molecule has 4 aromatic carbocycles. The number of H-pyrrole nitrogens is 2. The molecule has 6 aromatic heterocycles. The summed E-state index contributed by atoms with van der Waals surface area (Å²) >= 11 is 0. The number of anilines is 2. The fourth-order valence-electron chi connectivity index (χ4n) is 9.12. The Kier molecular flexibility index (Phi) is 15.6. The van der Waals surface area contributed by atoms with Crippen molar-refractivity contribution in [3.8, 4) is 67.3 Å². The van der Waals surface area contributed by atoms with Crippen LogP contribution in [0.4, 0.5) is 21.0 Å². The highest BCUT2D eigenvalue weighted by Crippen LogP contribution is 2.39. The molecule has 0 saturated heterocycles. The fourth-order valence-corrected chi connectivity index (χ4v) is 9.12. The van der Waals surface area contributed by atoms with E-state index in [9.17, 15) is 9.59 Å². The van der Waals surface area contributed by atoms with Crippen LogP contribution in [0.25, 0.3) is 89.4 Å². The van der Waals surface area contributed by atoms with Gasteiger partial charge in [0.25, 0.3) is 0 Å². The molecule has 4 N–H and O–H groups in total. The lowest BCUT2D eigenvalue weighted by Crippen LogP contribution is -2.27. The Bertz CT molecular complexity index is 3400. The third kappa shape index (κ3) is 11.7. The van der Waals surface area contributed by atoms with Crippen LogP contribution in [-0.2, 0) is 26.2 Å². The predicted octanol–water partition coefficient (Wildman–Crippen LogP) is 11.9. The summed E-state index contributed by atoms with van der Waals surface area (Å²) in [5, 5.41) is 17.7. The van der Waals surface area contributed by atoms with Crippen molar-refractivity contribution >= 4 is 45.5 Å². The minimum absolute atomic E-state index is 0.164. The lowest BCUT2D eigenvalue weighted by molar-refractivity contribution is 0.230. The maximum Gasteiger partial charge on any atom is 0.321 e. The van der Waals surface area contributed by atoms with Crippen LogP contribution in [0.1, 0.15) is 25.0 Å². The maximum atomic E-state index is 12.0. The Morgan fingerprint density at radius 2 is 0.882 bits per heavy atom. The average Bonchev–Trinajstić information content (AvgIpc) is 4.25. The smallest absolute Gasteiger partial charge is 0.321 e. The van der Waals surface area contributed by atoms with Crippen molar-refractivity contribution in [3.63, 3.8) is 0 Å². The van der Waals surface area contributed by atoms with Crippen molar-refractivity contribution in [2.24, 2.45) is 0 Å². The number of nitrogens with one attached hydrogen (secondary N) is 4. The first-order valence-corrected chi connectivity index (χ1v) is 25.4. The molecule has 0 saturated carbocycles. The van der Waals surface area contributed by atoms with E-state index >= 15 is 0 Å². The highest BCUT2D eigenvalue weighted by atomic mass is 16.2. The van der Waals surface area contributed by atoms with Crippen LogP contribution in [0.15, 0.2) is 146 Å². The van der Waals surface area contributed by atoms with E-state index in [1.807, 2.05) is 70.3 Å². The van der Waals surface area contributed by atoms with Crippen LogP contribution in [0.5, 0.6) is 0 Å². The van der Waals surface area contributed by atoms with Gasteiger partial charge in [0.05, 0.1) is 0 Å². The van der Waals surface area contributed by atoms with E-state index < -0.39 is 0 Å². The van der Waals surface area contributed by atoms with Crippen LogP contribution in [0, 0.1) is 0 Å². The Hall–Kier alpha value is -8.86. The molecule has 4 amide bonds. The van der Waals surface area contributed by atoms with E-state index in [4.69, 9.17) is 10.2 Å². The molecule has 10 aromatic rings. The molecule has 0 fully saturated rings. The second-order valence-electron chi connectivity index (χ2n) is 19.8. The number of nitrogens with zero attached hydrogens (tertiary/aromatic N) is 10. The zero-order valence-corrected chi connectivity index (χ0v) is 45.0. The van der Waals surface area contributed by atoms with Gasteiger partial charge < -0.3 is 40.2 Å². The number of fused-ring (bicyclic) bond motifs is 2. The third-order valence-electron chi connectivity index (χ3n) is 12.9. The topological polar surface area (TPSA) is 164 Å². The molecule has 0 unspecified atom stereocenters. The van der Waals surface area contributed by atoms with Crippen molar-refractivity contribution in [1.82, 2.24) is 59.1 Å². The minimum Gasteiger partial charge on any atom is -0.339 e. The Morgan fingerprint density at radius 1 is 0.487 bits per heavy atom. The van der Waals surface area contributed by atoms with Crippen LogP contribution in [0.2, 0.25) is 0 Å². The second-order valence-corrected chi connectivity index (χ2v) is 19.8. The molecular formula is C60H66N14O2. The highest BCUT2D eigenvalue weighted by Gasteiger charge is 2.20. The van der Waals surface area contributed by atoms with Gasteiger partial charge in [-0.3, -0.25) is 9.36 Å². The van der Waals surface area contributed by atoms with Gasteiger partial charge in [0.2, 0.25) is 0 Å². The van der Waals surface area contributed by atoms with Crippen LogP contribution >= 0.6 is 0 Å².